The van der Waals surface area contributed by atoms with Gasteiger partial charge in [0.1, 0.15) is 0 Å². The smallest absolute Gasteiger partial charge is 0.307 e. The lowest BCUT2D eigenvalue weighted by Gasteiger charge is -2.11. The average Bonchev–Trinajstić information content (AvgIpc) is 2.76. The molecule has 1 aromatic carbocycles. The molecule has 4 nitrogen and oxygen atoms in total. The molecule has 0 aliphatic heterocycles. The molecule has 0 spiro atoms. The lowest BCUT2D eigenvalue weighted by atomic mass is 10.1. The first-order valence-electron chi connectivity index (χ1n) is 5.20. The molecule has 0 radical (unpaired) electrons. The molecule has 2 aromatic rings. The molecule has 0 bridgehead atoms. The third-order valence-electron chi connectivity index (χ3n) is 2.37. The standard InChI is InChI=1S/C12H13N3OS/c1-8-4-3-5-9(2)10(8)14-11(16)15-12-13-6-7-17-12/h3-7H,1-2H3,(H2,13,14,15,16). The number of nitrogens with zero attached hydrogens (tertiary/aromatic N) is 1. The Hall–Kier alpha value is -1.88. The van der Waals surface area contributed by atoms with Crippen LogP contribution in [0.3, 0.4) is 0 Å². The summed E-state index contributed by atoms with van der Waals surface area (Å²) in [6.07, 6.45) is 1.65. The fraction of sp³-hybridized carbons (Fsp3) is 0.167. The maximum Gasteiger partial charge on any atom is 0.325 e. The summed E-state index contributed by atoms with van der Waals surface area (Å²) in [6, 6.07) is 5.63. The van der Waals surface area contributed by atoms with Crippen molar-refractivity contribution in [2.75, 3.05) is 10.6 Å². The number of hydrogen-bond donors (Lipinski definition) is 2. The van der Waals surface area contributed by atoms with E-state index in [1.165, 1.54) is 11.3 Å². The number of carbonyl (C=O) groups is 1. The summed E-state index contributed by atoms with van der Waals surface area (Å²) in [7, 11) is 0. The predicted octanol–water partition coefficient (Wildman–Crippen LogP) is 3.40. The van der Waals surface area contributed by atoms with E-state index in [0.29, 0.717) is 5.13 Å². The second-order valence-corrected chi connectivity index (χ2v) is 4.58. The molecule has 0 atom stereocenters. The van der Waals surface area contributed by atoms with E-state index in [2.05, 4.69) is 15.6 Å². The SMILES string of the molecule is Cc1cccc(C)c1NC(=O)Nc1nccs1. The van der Waals surface area contributed by atoms with Crippen LogP contribution in [0.25, 0.3) is 0 Å². The van der Waals surface area contributed by atoms with Gasteiger partial charge in [-0.2, -0.15) is 0 Å². The Kier molecular flexibility index (Phi) is 3.39. The highest BCUT2D eigenvalue weighted by atomic mass is 32.1. The quantitative estimate of drug-likeness (QED) is 0.854. The van der Waals surface area contributed by atoms with Gasteiger partial charge in [-0.25, -0.2) is 9.78 Å². The molecule has 0 unspecified atom stereocenters. The Balaban J connectivity index is 2.08. The largest absolute Gasteiger partial charge is 0.325 e. The van der Waals surface area contributed by atoms with E-state index in [0.717, 1.165) is 16.8 Å². The second-order valence-electron chi connectivity index (χ2n) is 3.68. The first kappa shape index (κ1) is 11.6. The van der Waals surface area contributed by atoms with Crippen LogP contribution in [-0.4, -0.2) is 11.0 Å². The van der Waals surface area contributed by atoms with Crippen molar-refractivity contribution in [1.82, 2.24) is 4.98 Å². The summed E-state index contributed by atoms with van der Waals surface area (Å²) in [4.78, 5) is 15.7. The van der Waals surface area contributed by atoms with Crippen LogP contribution in [0.2, 0.25) is 0 Å². The van der Waals surface area contributed by atoms with Gasteiger partial charge in [-0.3, -0.25) is 5.32 Å². The first-order valence-corrected chi connectivity index (χ1v) is 6.08. The number of rotatable bonds is 2. The van der Waals surface area contributed by atoms with Gasteiger partial charge < -0.3 is 5.32 Å². The maximum atomic E-state index is 11.7. The van der Waals surface area contributed by atoms with Gasteiger partial charge in [0.2, 0.25) is 0 Å². The lowest BCUT2D eigenvalue weighted by Crippen LogP contribution is -2.20. The van der Waals surface area contributed by atoms with Gasteiger partial charge in [0, 0.05) is 17.3 Å². The molecule has 2 N–H and O–H groups in total. The van der Waals surface area contributed by atoms with Crippen molar-refractivity contribution in [1.29, 1.82) is 0 Å². The molecule has 1 heterocycles. The number of nitrogens with one attached hydrogen (secondary N) is 2. The average molecular weight is 247 g/mol. The number of benzene rings is 1. The van der Waals surface area contributed by atoms with Gasteiger partial charge in [-0.15, -0.1) is 11.3 Å². The maximum absolute atomic E-state index is 11.7. The number of anilines is 2. The van der Waals surface area contributed by atoms with Gasteiger partial charge in [-0.05, 0) is 25.0 Å². The van der Waals surface area contributed by atoms with Crippen LogP contribution in [0.5, 0.6) is 0 Å². The van der Waals surface area contributed by atoms with Crippen molar-refractivity contribution in [3.63, 3.8) is 0 Å². The Bertz CT molecular complexity index is 502. The van der Waals surface area contributed by atoms with E-state index < -0.39 is 0 Å². The van der Waals surface area contributed by atoms with Gasteiger partial charge in [0.05, 0.1) is 0 Å². The number of thiazole rings is 1. The summed E-state index contributed by atoms with van der Waals surface area (Å²) in [5, 5.41) is 7.92. The minimum atomic E-state index is -0.266. The van der Waals surface area contributed by atoms with E-state index in [1.807, 2.05) is 37.4 Å². The number of carbonyl (C=O) groups excluding carboxylic acids is 1. The van der Waals surface area contributed by atoms with Gasteiger partial charge in [0.15, 0.2) is 5.13 Å². The van der Waals surface area contributed by atoms with E-state index in [9.17, 15) is 4.79 Å². The summed E-state index contributed by atoms with van der Waals surface area (Å²) in [5.41, 5.74) is 2.93. The van der Waals surface area contributed by atoms with Crippen LogP contribution in [0.15, 0.2) is 29.8 Å². The number of aryl methyl sites for hydroxylation is 2. The normalized spacial score (nSPS) is 10.0. The first-order chi connectivity index (χ1) is 8.16. The molecular formula is C12H13N3OS. The molecule has 2 rings (SSSR count). The van der Waals surface area contributed by atoms with E-state index in [-0.39, 0.29) is 6.03 Å². The highest BCUT2D eigenvalue weighted by Gasteiger charge is 2.07. The topological polar surface area (TPSA) is 54.0 Å². The Labute approximate surface area is 104 Å². The Morgan fingerprint density at radius 1 is 1.24 bits per heavy atom. The summed E-state index contributed by atoms with van der Waals surface area (Å²) in [5.74, 6) is 0. The Morgan fingerprint density at radius 3 is 2.53 bits per heavy atom. The fourth-order valence-electron chi connectivity index (χ4n) is 1.54. The highest BCUT2D eigenvalue weighted by molar-refractivity contribution is 7.13. The number of urea groups is 1. The number of hydrogen-bond acceptors (Lipinski definition) is 3. The molecule has 88 valence electrons. The monoisotopic (exact) mass is 247 g/mol. The molecule has 2 amide bonds. The van der Waals surface area contributed by atoms with Crippen molar-refractivity contribution in [2.24, 2.45) is 0 Å². The van der Waals surface area contributed by atoms with Crippen molar-refractivity contribution in [2.45, 2.75) is 13.8 Å². The van der Waals surface area contributed by atoms with E-state index >= 15 is 0 Å². The van der Waals surface area contributed by atoms with Gasteiger partial charge >= 0.3 is 6.03 Å². The third kappa shape index (κ3) is 2.82. The van der Waals surface area contributed by atoms with Gasteiger partial charge in [0.25, 0.3) is 0 Å². The molecule has 1 aromatic heterocycles. The molecule has 0 saturated heterocycles. The van der Waals surface area contributed by atoms with Crippen LogP contribution in [-0.2, 0) is 0 Å². The number of para-hydroxylation sites is 1. The van der Waals surface area contributed by atoms with Crippen LogP contribution in [0.1, 0.15) is 11.1 Å². The molecular weight excluding hydrogens is 234 g/mol. The minimum absolute atomic E-state index is 0.266. The lowest BCUT2D eigenvalue weighted by molar-refractivity contribution is 0.262. The second kappa shape index (κ2) is 4.97. The number of aromatic nitrogens is 1. The fourth-order valence-corrected chi connectivity index (χ4v) is 2.06. The summed E-state index contributed by atoms with van der Waals surface area (Å²) < 4.78 is 0. The minimum Gasteiger partial charge on any atom is -0.307 e. The van der Waals surface area contributed by atoms with E-state index in [1.54, 1.807) is 6.20 Å². The van der Waals surface area contributed by atoms with Crippen LogP contribution in [0, 0.1) is 13.8 Å². The molecule has 0 fully saturated rings. The zero-order chi connectivity index (χ0) is 12.3. The molecule has 0 aliphatic carbocycles. The Morgan fingerprint density at radius 2 is 1.94 bits per heavy atom. The molecule has 5 heteroatoms. The zero-order valence-electron chi connectivity index (χ0n) is 9.65. The highest BCUT2D eigenvalue weighted by Crippen LogP contribution is 2.20. The molecule has 0 saturated carbocycles. The number of amides is 2. The van der Waals surface area contributed by atoms with E-state index in [4.69, 9.17) is 0 Å². The molecule has 0 aliphatic rings. The predicted molar refractivity (Wildman–Crippen MR) is 70.7 cm³/mol. The van der Waals surface area contributed by atoms with Crippen molar-refractivity contribution in [3.05, 3.63) is 40.9 Å². The third-order valence-corrected chi connectivity index (χ3v) is 3.06. The van der Waals surface area contributed by atoms with Crippen molar-refractivity contribution >= 4 is 28.2 Å². The summed E-state index contributed by atoms with van der Waals surface area (Å²) in [6.45, 7) is 3.93. The van der Waals surface area contributed by atoms with Crippen molar-refractivity contribution < 1.29 is 4.79 Å². The molecule has 17 heavy (non-hydrogen) atoms. The zero-order valence-corrected chi connectivity index (χ0v) is 10.5. The van der Waals surface area contributed by atoms with Gasteiger partial charge in [-0.1, -0.05) is 18.2 Å². The summed E-state index contributed by atoms with van der Waals surface area (Å²) >= 11 is 1.39. The van der Waals surface area contributed by atoms with Crippen LogP contribution in [0.4, 0.5) is 15.6 Å². The van der Waals surface area contributed by atoms with Crippen LogP contribution >= 0.6 is 11.3 Å². The van der Waals surface area contributed by atoms with Crippen molar-refractivity contribution in [3.8, 4) is 0 Å². The van der Waals surface area contributed by atoms with Crippen LogP contribution < -0.4 is 10.6 Å².